The van der Waals surface area contributed by atoms with Crippen LogP contribution >= 0.6 is 23.4 Å². The molecule has 1 fully saturated rings. The van der Waals surface area contributed by atoms with Crippen LogP contribution in [0, 0.1) is 0 Å². The summed E-state index contributed by atoms with van der Waals surface area (Å²) >= 11 is 6.76. The molecule has 0 aromatic heterocycles. The lowest BCUT2D eigenvalue weighted by molar-refractivity contribution is -0.127. The summed E-state index contributed by atoms with van der Waals surface area (Å²) in [4.78, 5) is 51.3. The van der Waals surface area contributed by atoms with Crippen molar-refractivity contribution >= 4 is 68.9 Å². The standard InChI is InChI=1S/C33H27ClN2O7S/c1-3-42-28-15-20(9-13-27(28)43-19-21-8-10-22-6-4-5-7-23(22)14-21)16-29-31(38)36(33(40)44-29)18-30(37)35-24-11-12-26(34)25(17-24)32(39)41-2/h4-17H,3,18-19H2,1-2H3,(H,35,37)/b29-16+. The summed E-state index contributed by atoms with van der Waals surface area (Å²) in [6, 6.07) is 23.8. The number of amides is 3. The SMILES string of the molecule is CCOc1cc(/C=C2/SC(=O)N(CC(=O)Nc3ccc(Cl)c(C(=O)OC)c3)C2=O)ccc1OCc1ccc2ccccc2c1. The Morgan fingerprint density at radius 3 is 2.50 bits per heavy atom. The maximum Gasteiger partial charge on any atom is 0.339 e. The van der Waals surface area contributed by atoms with Crippen molar-refractivity contribution in [1.29, 1.82) is 0 Å². The summed E-state index contributed by atoms with van der Waals surface area (Å²) in [5.41, 5.74) is 1.96. The highest BCUT2D eigenvalue weighted by atomic mass is 35.5. The third kappa shape index (κ3) is 7.04. The highest BCUT2D eigenvalue weighted by Crippen LogP contribution is 2.35. The molecule has 1 aliphatic rings. The number of hydrogen-bond acceptors (Lipinski definition) is 8. The molecule has 5 rings (SSSR count). The lowest BCUT2D eigenvalue weighted by Crippen LogP contribution is -2.36. The van der Waals surface area contributed by atoms with E-state index in [4.69, 9.17) is 21.1 Å². The van der Waals surface area contributed by atoms with E-state index < -0.39 is 29.6 Å². The Bertz CT molecular complexity index is 1810. The molecule has 0 spiro atoms. The third-order valence-electron chi connectivity index (χ3n) is 6.60. The van der Waals surface area contributed by atoms with Gasteiger partial charge in [0.15, 0.2) is 11.5 Å². The van der Waals surface area contributed by atoms with E-state index in [9.17, 15) is 19.2 Å². The van der Waals surface area contributed by atoms with E-state index in [1.54, 1.807) is 24.3 Å². The number of thioether (sulfide) groups is 1. The average Bonchev–Trinajstić information content (AvgIpc) is 3.28. The van der Waals surface area contributed by atoms with Crippen LogP contribution in [0.25, 0.3) is 16.8 Å². The van der Waals surface area contributed by atoms with Crippen LogP contribution in [0.15, 0.2) is 83.8 Å². The van der Waals surface area contributed by atoms with Gasteiger partial charge in [-0.1, -0.05) is 54.1 Å². The van der Waals surface area contributed by atoms with Gasteiger partial charge in [0.1, 0.15) is 13.2 Å². The minimum absolute atomic E-state index is 0.0672. The van der Waals surface area contributed by atoms with Crippen LogP contribution in [0.5, 0.6) is 11.5 Å². The topological polar surface area (TPSA) is 111 Å². The number of carbonyl (C=O) groups is 4. The molecule has 0 saturated carbocycles. The molecule has 44 heavy (non-hydrogen) atoms. The zero-order valence-electron chi connectivity index (χ0n) is 23.8. The molecule has 11 heteroatoms. The van der Waals surface area contributed by atoms with Gasteiger partial charge in [-0.15, -0.1) is 0 Å². The number of hydrogen-bond donors (Lipinski definition) is 1. The lowest BCUT2D eigenvalue weighted by Gasteiger charge is -2.14. The monoisotopic (exact) mass is 630 g/mol. The number of rotatable bonds is 10. The van der Waals surface area contributed by atoms with Gasteiger partial charge < -0.3 is 19.5 Å². The Balaban J connectivity index is 1.26. The summed E-state index contributed by atoms with van der Waals surface area (Å²) in [6.45, 7) is 2.09. The highest BCUT2D eigenvalue weighted by molar-refractivity contribution is 8.18. The molecule has 1 N–H and O–H groups in total. The summed E-state index contributed by atoms with van der Waals surface area (Å²) in [7, 11) is 1.21. The zero-order valence-corrected chi connectivity index (χ0v) is 25.4. The van der Waals surface area contributed by atoms with Gasteiger partial charge in [0.2, 0.25) is 5.91 Å². The predicted molar refractivity (Wildman–Crippen MR) is 170 cm³/mol. The van der Waals surface area contributed by atoms with Crippen LogP contribution in [0.4, 0.5) is 10.5 Å². The number of methoxy groups -OCH3 is 1. The van der Waals surface area contributed by atoms with Crippen molar-refractivity contribution in [3.05, 3.63) is 105 Å². The number of fused-ring (bicyclic) bond motifs is 1. The van der Waals surface area contributed by atoms with Crippen LogP contribution in [-0.4, -0.2) is 48.2 Å². The molecule has 3 amide bonds. The number of anilines is 1. The Morgan fingerprint density at radius 2 is 1.73 bits per heavy atom. The number of halogens is 1. The molecule has 224 valence electrons. The second kappa shape index (κ2) is 13.7. The summed E-state index contributed by atoms with van der Waals surface area (Å²) < 4.78 is 16.6. The average molecular weight is 631 g/mol. The van der Waals surface area contributed by atoms with Crippen LogP contribution in [0.3, 0.4) is 0 Å². The molecule has 4 aromatic rings. The zero-order chi connectivity index (χ0) is 31.2. The van der Waals surface area contributed by atoms with Gasteiger partial charge in [-0.3, -0.25) is 19.3 Å². The van der Waals surface area contributed by atoms with Gasteiger partial charge in [-0.2, -0.15) is 0 Å². The van der Waals surface area contributed by atoms with Crippen molar-refractivity contribution in [2.75, 3.05) is 25.6 Å². The van der Waals surface area contributed by atoms with Crippen LogP contribution in [-0.2, 0) is 20.9 Å². The number of benzene rings is 4. The number of nitrogens with one attached hydrogen (secondary N) is 1. The smallest absolute Gasteiger partial charge is 0.339 e. The number of nitrogens with zero attached hydrogens (tertiary/aromatic N) is 1. The maximum absolute atomic E-state index is 13.1. The molecule has 0 atom stereocenters. The largest absolute Gasteiger partial charge is 0.490 e. The molecule has 4 aromatic carbocycles. The van der Waals surface area contributed by atoms with E-state index >= 15 is 0 Å². The molecule has 1 aliphatic heterocycles. The quantitative estimate of drug-likeness (QED) is 0.148. The number of carbonyl (C=O) groups excluding carboxylic acids is 4. The Labute approximate surface area is 262 Å². The first-order valence-corrected chi connectivity index (χ1v) is 14.8. The molecular weight excluding hydrogens is 604 g/mol. The summed E-state index contributed by atoms with van der Waals surface area (Å²) in [6.07, 6.45) is 1.57. The Hall–Kier alpha value is -4.80. The Kier molecular flexibility index (Phi) is 9.52. The first kappa shape index (κ1) is 30.7. The second-order valence-corrected chi connectivity index (χ2v) is 11.0. The second-order valence-electron chi connectivity index (χ2n) is 9.61. The summed E-state index contributed by atoms with van der Waals surface area (Å²) in [5, 5.41) is 4.42. The third-order valence-corrected chi connectivity index (χ3v) is 7.84. The fourth-order valence-electron chi connectivity index (χ4n) is 4.49. The Morgan fingerprint density at radius 1 is 0.932 bits per heavy atom. The molecule has 1 saturated heterocycles. The van der Waals surface area contributed by atoms with Crippen LogP contribution in [0.1, 0.15) is 28.4 Å². The van der Waals surface area contributed by atoms with Gasteiger partial charge >= 0.3 is 5.97 Å². The first-order valence-electron chi connectivity index (χ1n) is 13.6. The molecule has 0 unspecified atom stereocenters. The van der Waals surface area contributed by atoms with E-state index in [1.807, 2.05) is 25.1 Å². The molecule has 0 aliphatic carbocycles. The van der Waals surface area contributed by atoms with Gasteiger partial charge in [-0.05, 0) is 83.1 Å². The van der Waals surface area contributed by atoms with Crippen molar-refractivity contribution in [3.8, 4) is 11.5 Å². The molecule has 1 heterocycles. The van der Waals surface area contributed by atoms with Crippen molar-refractivity contribution in [1.82, 2.24) is 4.90 Å². The van der Waals surface area contributed by atoms with Crippen molar-refractivity contribution in [2.24, 2.45) is 0 Å². The van der Waals surface area contributed by atoms with Crippen molar-refractivity contribution < 1.29 is 33.4 Å². The predicted octanol–water partition coefficient (Wildman–Crippen LogP) is 6.93. The van der Waals surface area contributed by atoms with E-state index in [2.05, 4.69) is 34.3 Å². The lowest BCUT2D eigenvalue weighted by atomic mass is 10.1. The van der Waals surface area contributed by atoms with Gasteiger partial charge in [-0.25, -0.2) is 4.79 Å². The van der Waals surface area contributed by atoms with E-state index in [-0.39, 0.29) is 21.2 Å². The minimum Gasteiger partial charge on any atom is -0.490 e. The van der Waals surface area contributed by atoms with Crippen LogP contribution in [0.2, 0.25) is 5.02 Å². The van der Waals surface area contributed by atoms with Crippen LogP contribution < -0.4 is 14.8 Å². The van der Waals surface area contributed by atoms with Gasteiger partial charge in [0.25, 0.3) is 11.1 Å². The first-order chi connectivity index (χ1) is 21.2. The minimum atomic E-state index is -0.667. The molecule has 9 nitrogen and oxygen atoms in total. The van der Waals surface area contributed by atoms with Gasteiger partial charge in [0, 0.05) is 5.69 Å². The van der Waals surface area contributed by atoms with E-state index in [1.165, 1.54) is 25.3 Å². The number of ether oxygens (including phenoxy) is 3. The van der Waals surface area contributed by atoms with E-state index in [0.717, 1.165) is 33.0 Å². The van der Waals surface area contributed by atoms with E-state index in [0.29, 0.717) is 30.3 Å². The molecule has 0 radical (unpaired) electrons. The fraction of sp³-hybridized carbons (Fsp3) is 0.152. The highest BCUT2D eigenvalue weighted by Gasteiger charge is 2.36. The van der Waals surface area contributed by atoms with Gasteiger partial charge in [0.05, 0.1) is 29.2 Å². The normalized spacial score (nSPS) is 13.8. The number of imide groups is 1. The maximum atomic E-state index is 13.1. The fourth-order valence-corrected chi connectivity index (χ4v) is 5.53. The number of esters is 1. The molecular formula is C33H27ClN2O7S. The molecule has 0 bridgehead atoms. The van der Waals surface area contributed by atoms with Crippen molar-refractivity contribution in [2.45, 2.75) is 13.5 Å². The van der Waals surface area contributed by atoms with Crippen molar-refractivity contribution in [3.63, 3.8) is 0 Å². The summed E-state index contributed by atoms with van der Waals surface area (Å²) in [5.74, 6) is -0.858.